The second-order valence-corrected chi connectivity index (χ2v) is 4.95. The van der Waals surface area contributed by atoms with Crippen LogP contribution in [0.2, 0.25) is 0 Å². The van der Waals surface area contributed by atoms with E-state index in [-0.39, 0.29) is 18.1 Å². The first kappa shape index (κ1) is 14.0. The molecule has 0 aromatic heterocycles. The number of rotatable bonds is 4. The Bertz CT molecular complexity index is 408. The lowest BCUT2D eigenvalue weighted by Crippen LogP contribution is -2.49. The molecule has 2 rings (SSSR count). The molecule has 1 fully saturated rings. The van der Waals surface area contributed by atoms with Crippen molar-refractivity contribution < 1.29 is 9.53 Å². The Kier molecular flexibility index (Phi) is 4.93. The van der Waals surface area contributed by atoms with E-state index in [2.05, 4.69) is 0 Å². The maximum atomic E-state index is 12.2. The summed E-state index contributed by atoms with van der Waals surface area (Å²) >= 11 is 0. The topological polar surface area (TPSA) is 55.6 Å². The Balaban J connectivity index is 1.99. The first-order valence-electron chi connectivity index (χ1n) is 6.93. The molecule has 104 valence electrons. The summed E-state index contributed by atoms with van der Waals surface area (Å²) in [6.07, 6.45) is 1.64. The molecule has 4 heteroatoms. The number of carbonyl (C=O) groups is 1. The highest BCUT2D eigenvalue weighted by Gasteiger charge is 2.27. The predicted molar refractivity (Wildman–Crippen MR) is 74.6 cm³/mol. The van der Waals surface area contributed by atoms with Gasteiger partial charge in [-0.1, -0.05) is 43.7 Å². The zero-order chi connectivity index (χ0) is 13.7. The molecule has 2 unspecified atom stereocenters. The normalized spacial score (nSPS) is 21.2. The minimum atomic E-state index is -0.375. The molecule has 0 aliphatic carbocycles. The number of hydrogen-bond acceptors (Lipinski definition) is 3. The largest absolute Gasteiger partial charge is 0.370 e. The van der Waals surface area contributed by atoms with Crippen LogP contribution in [0, 0.1) is 0 Å². The molecule has 0 bridgehead atoms. The van der Waals surface area contributed by atoms with Crippen molar-refractivity contribution in [2.75, 3.05) is 19.7 Å². The number of nitrogens with two attached hydrogens (primary N) is 1. The van der Waals surface area contributed by atoms with Crippen molar-refractivity contribution in [3.63, 3.8) is 0 Å². The molecular formula is C15H22N2O2. The Labute approximate surface area is 114 Å². The van der Waals surface area contributed by atoms with E-state index in [0.717, 1.165) is 18.4 Å². The minimum absolute atomic E-state index is 0.0345. The number of morpholine rings is 1. The predicted octanol–water partition coefficient (Wildman–Crippen LogP) is 1.71. The number of amides is 1. The number of nitrogens with zero attached hydrogens (tertiary/aromatic N) is 1. The molecule has 19 heavy (non-hydrogen) atoms. The van der Waals surface area contributed by atoms with Crippen LogP contribution in [-0.2, 0) is 9.53 Å². The van der Waals surface area contributed by atoms with Crippen LogP contribution in [0.15, 0.2) is 30.3 Å². The molecule has 1 aliphatic rings. The fourth-order valence-electron chi connectivity index (χ4n) is 2.39. The first-order chi connectivity index (χ1) is 9.22. The van der Waals surface area contributed by atoms with Crippen molar-refractivity contribution >= 4 is 5.91 Å². The third-order valence-electron chi connectivity index (χ3n) is 3.47. The molecule has 2 atom stereocenters. The zero-order valence-corrected chi connectivity index (χ0v) is 11.4. The summed E-state index contributed by atoms with van der Waals surface area (Å²) in [6, 6.07) is 9.64. The molecular weight excluding hydrogens is 240 g/mol. The monoisotopic (exact) mass is 262 g/mol. The summed E-state index contributed by atoms with van der Waals surface area (Å²) in [5, 5.41) is 0. The van der Waals surface area contributed by atoms with Gasteiger partial charge in [0.05, 0.1) is 19.2 Å². The lowest BCUT2D eigenvalue weighted by Gasteiger charge is -2.34. The molecule has 1 aromatic rings. The highest BCUT2D eigenvalue weighted by molar-refractivity contribution is 5.81. The molecule has 1 aliphatic heterocycles. The molecule has 1 amide bonds. The third kappa shape index (κ3) is 3.55. The van der Waals surface area contributed by atoms with Crippen LogP contribution in [0.25, 0.3) is 0 Å². The van der Waals surface area contributed by atoms with Crippen molar-refractivity contribution in [2.24, 2.45) is 5.73 Å². The van der Waals surface area contributed by atoms with E-state index in [0.29, 0.717) is 19.7 Å². The summed E-state index contributed by atoms with van der Waals surface area (Å²) in [5.41, 5.74) is 7.03. The highest BCUT2D eigenvalue weighted by Crippen LogP contribution is 2.22. The summed E-state index contributed by atoms with van der Waals surface area (Å²) in [5.74, 6) is 0.0473. The maximum Gasteiger partial charge on any atom is 0.239 e. The molecule has 0 radical (unpaired) electrons. The van der Waals surface area contributed by atoms with E-state index in [9.17, 15) is 4.79 Å². The van der Waals surface area contributed by atoms with Gasteiger partial charge in [-0.25, -0.2) is 0 Å². The second-order valence-electron chi connectivity index (χ2n) is 4.95. The summed E-state index contributed by atoms with van der Waals surface area (Å²) in [6.45, 7) is 3.85. The Morgan fingerprint density at radius 2 is 2.21 bits per heavy atom. The number of benzene rings is 1. The Morgan fingerprint density at radius 3 is 2.89 bits per heavy atom. The van der Waals surface area contributed by atoms with Gasteiger partial charge < -0.3 is 15.4 Å². The zero-order valence-electron chi connectivity index (χ0n) is 11.4. The van der Waals surface area contributed by atoms with Gasteiger partial charge in [-0.15, -0.1) is 0 Å². The van der Waals surface area contributed by atoms with Gasteiger partial charge in [-0.2, -0.15) is 0 Å². The van der Waals surface area contributed by atoms with Crippen molar-refractivity contribution in [1.82, 2.24) is 4.90 Å². The van der Waals surface area contributed by atoms with Gasteiger partial charge >= 0.3 is 0 Å². The van der Waals surface area contributed by atoms with Crippen molar-refractivity contribution in [2.45, 2.75) is 31.9 Å². The summed E-state index contributed by atoms with van der Waals surface area (Å²) in [4.78, 5) is 14.0. The van der Waals surface area contributed by atoms with Gasteiger partial charge in [0.2, 0.25) is 5.91 Å². The summed E-state index contributed by atoms with van der Waals surface area (Å²) in [7, 11) is 0. The molecule has 0 spiro atoms. The van der Waals surface area contributed by atoms with E-state index >= 15 is 0 Å². The van der Waals surface area contributed by atoms with Gasteiger partial charge in [0, 0.05) is 6.54 Å². The third-order valence-corrected chi connectivity index (χ3v) is 3.47. The smallest absolute Gasteiger partial charge is 0.239 e. The average molecular weight is 262 g/mol. The molecule has 1 aromatic carbocycles. The van der Waals surface area contributed by atoms with Crippen LogP contribution in [0.1, 0.15) is 31.4 Å². The fraction of sp³-hybridized carbons (Fsp3) is 0.533. The Morgan fingerprint density at radius 1 is 1.47 bits per heavy atom. The molecule has 2 N–H and O–H groups in total. The van der Waals surface area contributed by atoms with E-state index in [4.69, 9.17) is 10.5 Å². The van der Waals surface area contributed by atoms with Gasteiger partial charge in [-0.05, 0) is 12.0 Å². The molecule has 1 saturated heterocycles. The van der Waals surface area contributed by atoms with E-state index in [1.165, 1.54) is 0 Å². The number of hydrogen-bond donors (Lipinski definition) is 1. The standard InChI is InChI=1S/C15H22N2O2/c1-2-6-13(16)15(18)17-9-10-19-14(11-17)12-7-4-3-5-8-12/h3-5,7-8,13-14H,2,6,9-11,16H2,1H3. The maximum absolute atomic E-state index is 12.2. The van der Waals surface area contributed by atoms with Gasteiger partial charge in [0.1, 0.15) is 6.10 Å². The minimum Gasteiger partial charge on any atom is -0.370 e. The van der Waals surface area contributed by atoms with Crippen LogP contribution in [0.4, 0.5) is 0 Å². The molecule has 4 nitrogen and oxygen atoms in total. The quantitative estimate of drug-likeness (QED) is 0.898. The summed E-state index contributed by atoms with van der Waals surface area (Å²) < 4.78 is 5.75. The number of carbonyl (C=O) groups excluding carboxylic acids is 1. The fourth-order valence-corrected chi connectivity index (χ4v) is 2.39. The highest BCUT2D eigenvalue weighted by atomic mass is 16.5. The lowest BCUT2D eigenvalue weighted by molar-refractivity contribution is -0.140. The van der Waals surface area contributed by atoms with Crippen LogP contribution in [0.5, 0.6) is 0 Å². The van der Waals surface area contributed by atoms with E-state index < -0.39 is 0 Å². The average Bonchev–Trinajstić information content (AvgIpc) is 2.48. The van der Waals surface area contributed by atoms with E-state index in [1.54, 1.807) is 0 Å². The van der Waals surface area contributed by atoms with Crippen LogP contribution < -0.4 is 5.73 Å². The van der Waals surface area contributed by atoms with Crippen molar-refractivity contribution in [1.29, 1.82) is 0 Å². The van der Waals surface area contributed by atoms with Crippen LogP contribution in [0.3, 0.4) is 0 Å². The van der Waals surface area contributed by atoms with Crippen molar-refractivity contribution in [3.05, 3.63) is 35.9 Å². The van der Waals surface area contributed by atoms with Crippen LogP contribution >= 0.6 is 0 Å². The van der Waals surface area contributed by atoms with Gasteiger partial charge in [-0.3, -0.25) is 4.79 Å². The SMILES string of the molecule is CCCC(N)C(=O)N1CCOC(c2ccccc2)C1. The lowest BCUT2D eigenvalue weighted by atomic mass is 10.1. The van der Waals surface area contributed by atoms with Crippen molar-refractivity contribution in [3.8, 4) is 0 Å². The molecule has 1 heterocycles. The van der Waals surface area contributed by atoms with Gasteiger partial charge in [0.25, 0.3) is 0 Å². The van der Waals surface area contributed by atoms with Crippen LogP contribution in [-0.4, -0.2) is 36.5 Å². The van der Waals surface area contributed by atoms with E-state index in [1.807, 2.05) is 42.2 Å². The number of ether oxygens (including phenoxy) is 1. The van der Waals surface area contributed by atoms with Gasteiger partial charge in [0.15, 0.2) is 0 Å². The molecule has 0 saturated carbocycles. The second kappa shape index (κ2) is 6.68. The Hall–Kier alpha value is -1.39. The first-order valence-corrected chi connectivity index (χ1v) is 6.93.